The largest absolute Gasteiger partial charge is 0.414 e. The molecule has 0 spiro atoms. The summed E-state index contributed by atoms with van der Waals surface area (Å²) in [4.78, 5) is 0. The van der Waals surface area contributed by atoms with Crippen LogP contribution in [-0.4, -0.2) is 25.1 Å². The normalized spacial score (nSPS) is 41.0. The Kier molecular flexibility index (Phi) is 7.68. The Balaban J connectivity index is 1.50. The smallest absolute Gasteiger partial charge is 0.192 e. The van der Waals surface area contributed by atoms with Crippen LogP contribution in [0.2, 0.25) is 18.1 Å². The van der Waals surface area contributed by atoms with Gasteiger partial charge in [-0.15, -0.1) is 0 Å². The summed E-state index contributed by atoms with van der Waals surface area (Å²) in [5.74, 6) is 3.37. The summed E-state index contributed by atoms with van der Waals surface area (Å²) < 4.78 is 6.92. The molecule has 0 saturated heterocycles. The van der Waals surface area contributed by atoms with Crippen LogP contribution >= 0.6 is 0 Å². The molecular formula is C33H58O2Si. The van der Waals surface area contributed by atoms with E-state index in [9.17, 15) is 5.11 Å². The van der Waals surface area contributed by atoms with Gasteiger partial charge in [0.2, 0.25) is 0 Å². The number of rotatable bonds is 6. The molecule has 2 nitrogen and oxygen atoms in total. The summed E-state index contributed by atoms with van der Waals surface area (Å²) in [7, 11) is -1.73. The maximum Gasteiger partial charge on any atom is 0.192 e. The zero-order chi connectivity index (χ0) is 26.7. The molecule has 206 valence electrons. The standard InChI is InChI=1S/C33H58O2Si/c1-23(2)12-11-19-33(8,34)29-16-15-27-26-14-13-24-22-25(35-36(9,10)30(3,4)5)17-20-31(24,6)28(26)18-21-32(27,29)7/h11,13,19,23,25-29,34H,12,14-18,20-22H2,1-10H3/b19-11-/t25-,26-,27-,28-,29-,31-,32-,33+/m0/s1. The fourth-order valence-electron chi connectivity index (χ4n) is 8.98. The molecule has 0 aromatic heterocycles. The second kappa shape index (κ2) is 9.67. The number of aliphatic hydroxyl groups is 1. The van der Waals surface area contributed by atoms with E-state index in [0.717, 1.165) is 30.6 Å². The van der Waals surface area contributed by atoms with Crippen LogP contribution in [-0.2, 0) is 4.43 Å². The maximum absolute atomic E-state index is 11.6. The number of hydrogen-bond donors (Lipinski definition) is 1. The highest BCUT2D eigenvalue weighted by atomic mass is 28.4. The minimum atomic E-state index is -1.73. The monoisotopic (exact) mass is 514 g/mol. The number of fused-ring (bicyclic) bond motifs is 5. The molecule has 4 aliphatic carbocycles. The third-order valence-corrected chi connectivity index (χ3v) is 16.6. The molecule has 0 radical (unpaired) electrons. The van der Waals surface area contributed by atoms with Crippen LogP contribution in [0, 0.1) is 40.4 Å². The highest BCUT2D eigenvalue weighted by Crippen LogP contribution is 2.67. The first kappa shape index (κ1) is 28.6. The van der Waals surface area contributed by atoms with Gasteiger partial charge in [-0.3, -0.25) is 0 Å². The van der Waals surface area contributed by atoms with Crippen molar-refractivity contribution in [2.45, 2.75) is 143 Å². The van der Waals surface area contributed by atoms with Crippen molar-refractivity contribution < 1.29 is 9.53 Å². The van der Waals surface area contributed by atoms with Gasteiger partial charge in [-0.2, -0.15) is 0 Å². The van der Waals surface area contributed by atoms with Crippen molar-refractivity contribution in [2.24, 2.45) is 40.4 Å². The number of hydrogen-bond acceptors (Lipinski definition) is 2. The van der Waals surface area contributed by atoms with E-state index in [-0.39, 0.29) is 10.5 Å². The van der Waals surface area contributed by atoms with Crippen molar-refractivity contribution >= 4 is 8.32 Å². The first-order valence-corrected chi connectivity index (χ1v) is 18.2. The Morgan fingerprint density at radius 1 is 1.06 bits per heavy atom. The van der Waals surface area contributed by atoms with Crippen LogP contribution < -0.4 is 0 Å². The fraction of sp³-hybridized carbons (Fsp3) is 0.879. The van der Waals surface area contributed by atoms with E-state index in [1.165, 1.54) is 44.9 Å². The van der Waals surface area contributed by atoms with Crippen molar-refractivity contribution in [2.75, 3.05) is 0 Å². The average Bonchev–Trinajstić information content (AvgIpc) is 3.11. The molecule has 0 aromatic rings. The zero-order valence-corrected chi connectivity index (χ0v) is 26.4. The molecule has 0 heterocycles. The van der Waals surface area contributed by atoms with Crippen molar-refractivity contribution in [3.05, 3.63) is 23.8 Å². The summed E-state index contributed by atoms with van der Waals surface area (Å²) in [5.41, 5.74) is 1.65. The van der Waals surface area contributed by atoms with Gasteiger partial charge in [-0.25, -0.2) is 0 Å². The first-order valence-electron chi connectivity index (χ1n) is 15.3. The van der Waals surface area contributed by atoms with Gasteiger partial charge < -0.3 is 9.53 Å². The third kappa shape index (κ3) is 4.99. The molecule has 8 atom stereocenters. The summed E-state index contributed by atoms with van der Waals surface area (Å²) in [6.07, 6.45) is 18.6. The Morgan fingerprint density at radius 3 is 2.39 bits per heavy atom. The van der Waals surface area contributed by atoms with Crippen LogP contribution in [0.5, 0.6) is 0 Å². The molecule has 4 rings (SSSR count). The lowest BCUT2D eigenvalue weighted by molar-refractivity contribution is -0.0850. The predicted molar refractivity (Wildman–Crippen MR) is 156 cm³/mol. The molecular weight excluding hydrogens is 456 g/mol. The highest BCUT2D eigenvalue weighted by molar-refractivity contribution is 6.74. The summed E-state index contributed by atoms with van der Waals surface area (Å²) in [6.45, 7) is 23.7. The Labute approximate surface area is 224 Å². The Hall–Kier alpha value is -0.383. The first-order chi connectivity index (χ1) is 16.5. The maximum atomic E-state index is 11.6. The van der Waals surface area contributed by atoms with E-state index < -0.39 is 13.9 Å². The molecule has 36 heavy (non-hydrogen) atoms. The third-order valence-electron chi connectivity index (χ3n) is 12.1. The number of allylic oxidation sites excluding steroid dienone is 2. The molecule has 3 fully saturated rings. The highest BCUT2D eigenvalue weighted by Gasteiger charge is 2.61. The van der Waals surface area contributed by atoms with Gasteiger partial charge in [-0.05, 0) is 123 Å². The average molecular weight is 515 g/mol. The molecule has 0 aromatic carbocycles. The van der Waals surface area contributed by atoms with Gasteiger partial charge in [0.25, 0.3) is 0 Å². The van der Waals surface area contributed by atoms with Crippen LogP contribution in [0.25, 0.3) is 0 Å². The summed E-state index contributed by atoms with van der Waals surface area (Å²) in [6, 6.07) is 0. The van der Waals surface area contributed by atoms with Gasteiger partial charge in [0.05, 0.1) is 5.60 Å². The molecule has 1 N–H and O–H groups in total. The molecule has 4 aliphatic rings. The van der Waals surface area contributed by atoms with E-state index in [1.807, 2.05) is 0 Å². The van der Waals surface area contributed by atoms with Crippen LogP contribution in [0.3, 0.4) is 0 Å². The Bertz CT molecular complexity index is 861. The van der Waals surface area contributed by atoms with Crippen LogP contribution in [0.1, 0.15) is 113 Å². The van der Waals surface area contributed by atoms with Crippen molar-refractivity contribution in [3.8, 4) is 0 Å². The summed E-state index contributed by atoms with van der Waals surface area (Å²) >= 11 is 0. The van der Waals surface area contributed by atoms with E-state index in [1.54, 1.807) is 5.57 Å². The zero-order valence-electron chi connectivity index (χ0n) is 25.4. The van der Waals surface area contributed by atoms with Gasteiger partial charge in [0.15, 0.2) is 8.32 Å². The Morgan fingerprint density at radius 2 is 1.75 bits per heavy atom. The minimum Gasteiger partial charge on any atom is -0.414 e. The van der Waals surface area contributed by atoms with Crippen LogP contribution in [0.15, 0.2) is 23.8 Å². The summed E-state index contributed by atoms with van der Waals surface area (Å²) in [5, 5.41) is 11.9. The van der Waals surface area contributed by atoms with E-state index in [4.69, 9.17) is 4.43 Å². The molecule has 0 amide bonds. The van der Waals surface area contributed by atoms with Gasteiger partial charge in [0.1, 0.15) is 0 Å². The van der Waals surface area contributed by atoms with E-state index in [2.05, 4.69) is 86.7 Å². The molecule has 3 heteroatoms. The lowest BCUT2D eigenvalue weighted by Crippen LogP contribution is -2.53. The molecule has 3 saturated carbocycles. The van der Waals surface area contributed by atoms with Crippen molar-refractivity contribution in [3.63, 3.8) is 0 Å². The van der Waals surface area contributed by atoms with Gasteiger partial charge >= 0.3 is 0 Å². The van der Waals surface area contributed by atoms with Crippen molar-refractivity contribution in [1.29, 1.82) is 0 Å². The van der Waals surface area contributed by atoms with E-state index >= 15 is 0 Å². The van der Waals surface area contributed by atoms with Gasteiger partial charge in [-0.1, -0.05) is 72.3 Å². The predicted octanol–water partition coefficient (Wildman–Crippen LogP) is 9.31. The SMILES string of the molecule is CC(C)C/C=C\[C@@](C)(O)[C@H]1CC[C@H]2[C@@H]3CC=C4C[C@@H](O[Si](C)(C)C(C)(C)C)CC[C@]4(C)[C@H]3CC[C@@]21C. The lowest BCUT2D eigenvalue weighted by atomic mass is 9.47. The van der Waals surface area contributed by atoms with Gasteiger partial charge in [0, 0.05) is 6.10 Å². The second-order valence-corrected chi connectivity index (χ2v) is 20.7. The quantitative estimate of drug-likeness (QED) is 0.282. The minimum absolute atomic E-state index is 0.261. The molecule has 0 unspecified atom stereocenters. The van der Waals surface area contributed by atoms with E-state index in [0.29, 0.717) is 23.4 Å². The lowest BCUT2D eigenvalue weighted by Gasteiger charge is -2.59. The fourth-order valence-corrected chi connectivity index (χ4v) is 10.4. The second-order valence-electron chi connectivity index (χ2n) is 15.9. The van der Waals surface area contributed by atoms with Crippen molar-refractivity contribution in [1.82, 2.24) is 0 Å². The molecule has 0 bridgehead atoms. The topological polar surface area (TPSA) is 29.5 Å². The molecule has 0 aliphatic heterocycles. The van der Waals surface area contributed by atoms with Crippen LogP contribution in [0.4, 0.5) is 0 Å².